The standard InChI is InChI=1S/C7H14OS/c1-3-6-7(9-6)4-5-8-2/h6-7H,3-5H2,1-2H3/t6-,7+/m0/s1. The first-order valence-corrected chi connectivity index (χ1v) is 4.47. The molecule has 0 spiro atoms. The molecule has 1 nitrogen and oxygen atoms in total. The average molecular weight is 146 g/mol. The van der Waals surface area contributed by atoms with Crippen LogP contribution in [0.2, 0.25) is 0 Å². The minimum absolute atomic E-state index is 0.926. The molecule has 0 aromatic heterocycles. The van der Waals surface area contributed by atoms with E-state index in [0.717, 1.165) is 17.1 Å². The highest BCUT2D eigenvalue weighted by molar-refractivity contribution is 8.07. The SMILES string of the molecule is CC[C@@H]1S[C@@H]1CCOC. The molecule has 9 heavy (non-hydrogen) atoms. The Morgan fingerprint density at radius 1 is 1.44 bits per heavy atom. The summed E-state index contributed by atoms with van der Waals surface area (Å²) < 4.78 is 4.97. The summed E-state index contributed by atoms with van der Waals surface area (Å²) in [5.41, 5.74) is 0. The van der Waals surface area contributed by atoms with Crippen LogP contribution >= 0.6 is 11.8 Å². The third-order valence-corrected chi connectivity index (χ3v) is 3.31. The van der Waals surface area contributed by atoms with Gasteiger partial charge in [0.2, 0.25) is 0 Å². The molecule has 0 N–H and O–H groups in total. The molecule has 0 radical (unpaired) electrons. The summed E-state index contributed by atoms with van der Waals surface area (Å²) >= 11 is 2.10. The molecule has 0 saturated carbocycles. The molecule has 0 bridgehead atoms. The molecule has 0 aromatic carbocycles. The van der Waals surface area contributed by atoms with E-state index in [9.17, 15) is 0 Å². The number of rotatable bonds is 4. The summed E-state index contributed by atoms with van der Waals surface area (Å²) in [7, 11) is 1.77. The van der Waals surface area contributed by atoms with Crippen molar-refractivity contribution in [1.82, 2.24) is 0 Å². The van der Waals surface area contributed by atoms with Crippen molar-refractivity contribution in [2.45, 2.75) is 30.3 Å². The van der Waals surface area contributed by atoms with Gasteiger partial charge in [0.05, 0.1) is 0 Å². The van der Waals surface area contributed by atoms with Crippen molar-refractivity contribution in [2.24, 2.45) is 0 Å². The smallest absolute Gasteiger partial charge is 0.0473 e. The number of hydrogen-bond acceptors (Lipinski definition) is 2. The van der Waals surface area contributed by atoms with Crippen LogP contribution in [-0.2, 0) is 4.74 Å². The second kappa shape index (κ2) is 3.47. The van der Waals surface area contributed by atoms with E-state index >= 15 is 0 Å². The number of thioether (sulfide) groups is 1. The minimum Gasteiger partial charge on any atom is -0.385 e. The Labute approximate surface area is 61.2 Å². The van der Waals surface area contributed by atoms with E-state index in [4.69, 9.17) is 4.74 Å². The molecule has 0 amide bonds. The quantitative estimate of drug-likeness (QED) is 0.560. The Morgan fingerprint density at radius 3 is 2.67 bits per heavy atom. The maximum Gasteiger partial charge on any atom is 0.0473 e. The monoisotopic (exact) mass is 146 g/mol. The highest BCUT2D eigenvalue weighted by Crippen LogP contribution is 2.45. The minimum atomic E-state index is 0.926. The van der Waals surface area contributed by atoms with Crippen molar-refractivity contribution in [3.05, 3.63) is 0 Å². The molecule has 1 aliphatic heterocycles. The van der Waals surface area contributed by atoms with E-state index in [1.165, 1.54) is 12.8 Å². The number of ether oxygens (including phenoxy) is 1. The van der Waals surface area contributed by atoms with Gasteiger partial charge in [-0.05, 0) is 12.8 Å². The molecule has 1 saturated heterocycles. The van der Waals surface area contributed by atoms with E-state index in [-0.39, 0.29) is 0 Å². The fourth-order valence-corrected chi connectivity index (χ4v) is 2.14. The molecule has 2 heteroatoms. The zero-order valence-electron chi connectivity index (χ0n) is 6.09. The lowest BCUT2D eigenvalue weighted by molar-refractivity contribution is 0.196. The first kappa shape index (κ1) is 7.42. The molecule has 1 fully saturated rings. The van der Waals surface area contributed by atoms with Gasteiger partial charge in [0, 0.05) is 24.2 Å². The molecule has 0 unspecified atom stereocenters. The molecule has 1 rings (SSSR count). The van der Waals surface area contributed by atoms with Gasteiger partial charge in [0.15, 0.2) is 0 Å². The summed E-state index contributed by atoms with van der Waals surface area (Å²) in [5.74, 6) is 0. The first-order chi connectivity index (χ1) is 4.38. The van der Waals surface area contributed by atoms with Gasteiger partial charge in [0.25, 0.3) is 0 Å². The van der Waals surface area contributed by atoms with Gasteiger partial charge < -0.3 is 4.74 Å². The fraction of sp³-hybridized carbons (Fsp3) is 1.00. The van der Waals surface area contributed by atoms with Crippen LogP contribution in [-0.4, -0.2) is 24.2 Å². The number of methoxy groups -OCH3 is 1. The molecule has 54 valence electrons. The summed E-state index contributed by atoms with van der Waals surface area (Å²) in [6.07, 6.45) is 2.58. The first-order valence-electron chi connectivity index (χ1n) is 3.53. The van der Waals surface area contributed by atoms with Crippen molar-refractivity contribution < 1.29 is 4.74 Å². The Bertz CT molecular complexity index is 85.0. The van der Waals surface area contributed by atoms with Gasteiger partial charge in [0.1, 0.15) is 0 Å². The largest absolute Gasteiger partial charge is 0.385 e. The molecule has 0 aliphatic carbocycles. The van der Waals surface area contributed by atoms with E-state index in [1.807, 2.05) is 0 Å². The molecule has 0 aromatic rings. The lowest BCUT2D eigenvalue weighted by Gasteiger charge is -1.93. The van der Waals surface area contributed by atoms with Crippen molar-refractivity contribution in [2.75, 3.05) is 13.7 Å². The Morgan fingerprint density at radius 2 is 2.22 bits per heavy atom. The predicted molar refractivity (Wildman–Crippen MR) is 42.0 cm³/mol. The van der Waals surface area contributed by atoms with Crippen LogP contribution in [0.1, 0.15) is 19.8 Å². The van der Waals surface area contributed by atoms with E-state index in [0.29, 0.717) is 0 Å². The van der Waals surface area contributed by atoms with Crippen molar-refractivity contribution in [1.29, 1.82) is 0 Å². The Balaban J connectivity index is 1.92. The van der Waals surface area contributed by atoms with Crippen LogP contribution in [0.5, 0.6) is 0 Å². The number of hydrogen-bond donors (Lipinski definition) is 0. The molecule has 2 atom stereocenters. The van der Waals surface area contributed by atoms with Gasteiger partial charge in [-0.1, -0.05) is 6.92 Å². The van der Waals surface area contributed by atoms with Crippen LogP contribution in [0.4, 0.5) is 0 Å². The van der Waals surface area contributed by atoms with Crippen molar-refractivity contribution >= 4 is 11.8 Å². The van der Waals surface area contributed by atoms with Crippen molar-refractivity contribution in [3.8, 4) is 0 Å². The Kier molecular flexibility index (Phi) is 2.86. The van der Waals surface area contributed by atoms with Gasteiger partial charge in [-0.3, -0.25) is 0 Å². The van der Waals surface area contributed by atoms with Crippen LogP contribution in [0.15, 0.2) is 0 Å². The summed E-state index contributed by atoms with van der Waals surface area (Å²) in [6, 6.07) is 0. The summed E-state index contributed by atoms with van der Waals surface area (Å²) in [4.78, 5) is 0. The van der Waals surface area contributed by atoms with Gasteiger partial charge >= 0.3 is 0 Å². The third-order valence-electron chi connectivity index (χ3n) is 1.70. The topological polar surface area (TPSA) is 9.23 Å². The van der Waals surface area contributed by atoms with Gasteiger partial charge in [-0.25, -0.2) is 0 Å². The summed E-state index contributed by atoms with van der Waals surface area (Å²) in [6.45, 7) is 3.19. The second-order valence-electron chi connectivity index (χ2n) is 2.40. The van der Waals surface area contributed by atoms with Crippen LogP contribution < -0.4 is 0 Å². The highest BCUT2D eigenvalue weighted by atomic mass is 32.2. The molecular weight excluding hydrogens is 132 g/mol. The summed E-state index contributed by atoms with van der Waals surface area (Å²) in [5, 5.41) is 1.88. The Hall–Kier alpha value is 0.310. The lowest BCUT2D eigenvalue weighted by atomic mass is 10.2. The predicted octanol–water partition coefficient (Wildman–Crippen LogP) is 1.92. The van der Waals surface area contributed by atoms with Crippen molar-refractivity contribution in [3.63, 3.8) is 0 Å². The molecular formula is C7H14OS. The van der Waals surface area contributed by atoms with Crippen LogP contribution in [0.3, 0.4) is 0 Å². The average Bonchev–Trinajstić information content (AvgIpc) is 2.62. The fourth-order valence-electron chi connectivity index (χ4n) is 1.03. The van der Waals surface area contributed by atoms with Crippen LogP contribution in [0.25, 0.3) is 0 Å². The van der Waals surface area contributed by atoms with E-state index in [2.05, 4.69) is 18.7 Å². The van der Waals surface area contributed by atoms with E-state index < -0.39 is 0 Å². The lowest BCUT2D eigenvalue weighted by Crippen LogP contribution is -1.97. The maximum atomic E-state index is 4.97. The maximum absolute atomic E-state index is 4.97. The van der Waals surface area contributed by atoms with Gasteiger partial charge in [-0.2, -0.15) is 11.8 Å². The molecule has 1 heterocycles. The zero-order valence-corrected chi connectivity index (χ0v) is 6.91. The van der Waals surface area contributed by atoms with Crippen LogP contribution in [0, 0.1) is 0 Å². The van der Waals surface area contributed by atoms with E-state index in [1.54, 1.807) is 7.11 Å². The third kappa shape index (κ3) is 2.18. The normalized spacial score (nSPS) is 32.7. The zero-order chi connectivity index (χ0) is 6.69. The molecule has 1 aliphatic rings. The van der Waals surface area contributed by atoms with Gasteiger partial charge in [-0.15, -0.1) is 0 Å². The highest BCUT2D eigenvalue weighted by Gasteiger charge is 2.35. The second-order valence-corrected chi connectivity index (χ2v) is 3.89.